The molecule has 0 amide bonds. The summed E-state index contributed by atoms with van der Waals surface area (Å²) >= 11 is 0. The molecular formula is C19H26N2. The second kappa shape index (κ2) is 7.37. The molecule has 2 nitrogen and oxygen atoms in total. The molecule has 0 radical (unpaired) electrons. The van der Waals surface area contributed by atoms with Gasteiger partial charge in [0, 0.05) is 6.20 Å². The van der Waals surface area contributed by atoms with Crippen molar-refractivity contribution in [3.8, 4) is 0 Å². The minimum atomic E-state index is 0.285. The molecule has 0 aliphatic heterocycles. The molecule has 1 unspecified atom stereocenters. The average molecular weight is 282 g/mol. The third-order valence-electron chi connectivity index (χ3n) is 3.79. The highest BCUT2D eigenvalue weighted by molar-refractivity contribution is 5.28. The highest BCUT2D eigenvalue weighted by atomic mass is 14.9. The molecule has 1 aromatic carbocycles. The molecular weight excluding hydrogens is 256 g/mol. The van der Waals surface area contributed by atoms with Crippen molar-refractivity contribution in [1.29, 1.82) is 0 Å². The fourth-order valence-electron chi connectivity index (χ4n) is 2.63. The van der Waals surface area contributed by atoms with Crippen LogP contribution in [0, 0.1) is 20.8 Å². The smallest absolute Gasteiger partial charge is 0.0605 e. The zero-order chi connectivity index (χ0) is 15.2. The van der Waals surface area contributed by atoms with Crippen molar-refractivity contribution in [3.63, 3.8) is 0 Å². The number of aromatic nitrogens is 1. The number of pyridine rings is 1. The summed E-state index contributed by atoms with van der Waals surface area (Å²) < 4.78 is 0. The number of benzene rings is 1. The summed E-state index contributed by atoms with van der Waals surface area (Å²) in [5.41, 5.74) is 6.34. The Morgan fingerprint density at radius 1 is 1.05 bits per heavy atom. The van der Waals surface area contributed by atoms with E-state index in [1.165, 1.54) is 27.9 Å². The van der Waals surface area contributed by atoms with Gasteiger partial charge in [0.15, 0.2) is 0 Å². The van der Waals surface area contributed by atoms with Gasteiger partial charge in [-0.05, 0) is 56.8 Å². The minimum absolute atomic E-state index is 0.285. The van der Waals surface area contributed by atoms with Crippen molar-refractivity contribution < 1.29 is 0 Å². The Morgan fingerprint density at radius 2 is 1.76 bits per heavy atom. The summed E-state index contributed by atoms with van der Waals surface area (Å²) in [5.74, 6) is 0. The number of nitrogens with one attached hydrogen (secondary N) is 1. The molecule has 2 rings (SSSR count). The number of aryl methyl sites for hydroxylation is 3. The first-order valence-corrected chi connectivity index (χ1v) is 7.82. The first-order valence-electron chi connectivity index (χ1n) is 7.82. The van der Waals surface area contributed by atoms with Crippen LogP contribution in [-0.2, 0) is 6.42 Å². The highest BCUT2D eigenvalue weighted by Crippen LogP contribution is 2.21. The molecule has 0 fully saturated rings. The van der Waals surface area contributed by atoms with E-state index in [1.807, 2.05) is 6.20 Å². The van der Waals surface area contributed by atoms with Crippen LogP contribution in [0.3, 0.4) is 0 Å². The van der Waals surface area contributed by atoms with E-state index >= 15 is 0 Å². The second-order valence-electron chi connectivity index (χ2n) is 5.91. The van der Waals surface area contributed by atoms with Gasteiger partial charge in [-0.1, -0.05) is 42.8 Å². The SMILES string of the molecule is CCCNC(Cc1ccc(C)cc1)c1ncc(C)cc1C. The fourth-order valence-corrected chi connectivity index (χ4v) is 2.63. The lowest BCUT2D eigenvalue weighted by molar-refractivity contribution is 0.515. The molecule has 0 saturated heterocycles. The Bertz CT molecular complexity index is 573. The van der Waals surface area contributed by atoms with Gasteiger partial charge in [0.1, 0.15) is 0 Å². The van der Waals surface area contributed by atoms with Gasteiger partial charge in [0.2, 0.25) is 0 Å². The van der Waals surface area contributed by atoms with Crippen molar-refractivity contribution in [1.82, 2.24) is 10.3 Å². The van der Waals surface area contributed by atoms with Crippen LogP contribution < -0.4 is 5.32 Å². The van der Waals surface area contributed by atoms with Crippen molar-refractivity contribution in [2.45, 2.75) is 46.6 Å². The van der Waals surface area contributed by atoms with Crippen molar-refractivity contribution in [2.24, 2.45) is 0 Å². The Kier molecular flexibility index (Phi) is 5.51. The van der Waals surface area contributed by atoms with Crippen molar-refractivity contribution in [3.05, 3.63) is 64.5 Å². The molecule has 0 aliphatic carbocycles. The van der Waals surface area contributed by atoms with E-state index < -0.39 is 0 Å². The maximum atomic E-state index is 4.68. The van der Waals surface area contributed by atoms with E-state index in [0.29, 0.717) is 0 Å². The normalized spacial score (nSPS) is 12.4. The van der Waals surface area contributed by atoms with Crippen molar-refractivity contribution >= 4 is 0 Å². The van der Waals surface area contributed by atoms with Gasteiger partial charge in [-0.3, -0.25) is 4.98 Å². The van der Waals surface area contributed by atoms with Gasteiger partial charge >= 0.3 is 0 Å². The van der Waals surface area contributed by atoms with Crippen LogP contribution in [0.2, 0.25) is 0 Å². The summed E-state index contributed by atoms with van der Waals surface area (Å²) in [6.07, 6.45) is 4.09. The Balaban J connectivity index is 2.22. The largest absolute Gasteiger partial charge is 0.308 e. The quantitative estimate of drug-likeness (QED) is 0.855. The predicted octanol–water partition coefficient (Wildman–Crippen LogP) is 4.29. The van der Waals surface area contributed by atoms with Crippen LogP contribution in [0.1, 0.15) is 47.3 Å². The van der Waals surface area contributed by atoms with Crippen LogP contribution >= 0.6 is 0 Å². The number of hydrogen-bond donors (Lipinski definition) is 1. The van der Waals surface area contributed by atoms with E-state index in [4.69, 9.17) is 0 Å². The maximum absolute atomic E-state index is 4.68. The third-order valence-corrected chi connectivity index (χ3v) is 3.79. The van der Waals surface area contributed by atoms with E-state index in [9.17, 15) is 0 Å². The topological polar surface area (TPSA) is 24.9 Å². The van der Waals surface area contributed by atoms with Crippen LogP contribution in [0.5, 0.6) is 0 Å². The molecule has 1 atom stereocenters. The van der Waals surface area contributed by atoms with Gasteiger partial charge in [-0.15, -0.1) is 0 Å². The predicted molar refractivity (Wildman–Crippen MR) is 89.6 cm³/mol. The van der Waals surface area contributed by atoms with Gasteiger partial charge in [0.05, 0.1) is 11.7 Å². The standard InChI is InChI=1S/C19H26N2/c1-5-10-20-18(12-17-8-6-14(2)7-9-17)19-16(4)11-15(3)13-21-19/h6-9,11,13,18,20H,5,10,12H2,1-4H3. The molecule has 2 heteroatoms. The number of hydrogen-bond acceptors (Lipinski definition) is 2. The first-order chi connectivity index (χ1) is 10.1. The summed E-state index contributed by atoms with van der Waals surface area (Å²) in [6.45, 7) is 9.60. The summed E-state index contributed by atoms with van der Waals surface area (Å²) in [6, 6.07) is 11.3. The molecule has 2 aromatic rings. The van der Waals surface area contributed by atoms with Gasteiger partial charge in [0.25, 0.3) is 0 Å². The molecule has 1 heterocycles. The Morgan fingerprint density at radius 3 is 2.38 bits per heavy atom. The van der Waals surface area contributed by atoms with Crippen LogP contribution in [-0.4, -0.2) is 11.5 Å². The summed E-state index contributed by atoms with van der Waals surface area (Å²) in [4.78, 5) is 4.68. The molecule has 0 bridgehead atoms. The highest BCUT2D eigenvalue weighted by Gasteiger charge is 2.15. The summed E-state index contributed by atoms with van der Waals surface area (Å²) in [7, 11) is 0. The average Bonchev–Trinajstić information content (AvgIpc) is 2.46. The van der Waals surface area contributed by atoms with E-state index in [0.717, 1.165) is 19.4 Å². The number of rotatable bonds is 6. The van der Waals surface area contributed by atoms with Gasteiger partial charge in [-0.25, -0.2) is 0 Å². The Labute approximate surface area is 128 Å². The second-order valence-corrected chi connectivity index (χ2v) is 5.91. The molecule has 0 spiro atoms. The molecule has 112 valence electrons. The zero-order valence-electron chi connectivity index (χ0n) is 13.6. The first kappa shape index (κ1) is 15.7. The van der Waals surface area contributed by atoms with Gasteiger partial charge < -0.3 is 5.32 Å². The summed E-state index contributed by atoms with van der Waals surface area (Å²) in [5, 5.41) is 3.65. The van der Waals surface area contributed by atoms with Crippen LogP contribution in [0.4, 0.5) is 0 Å². The lowest BCUT2D eigenvalue weighted by atomic mass is 9.98. The van der Waals surface area contributed by atoms with Crippen LogP contribution in [0.25, 0.3) is 0 Å². The monoisotopic (exact) mass is 282 g/mol. The molecule has 1 aromatic heterocycles. The third kappa shape index (κ3) is 4.40. The van der Waals surface area contributed by atoms with E-state index in [2.05, 4.69) is 68.3 Å². The van der Waals surface area contributed by atoms with E-state index in [-0.39, 0.29) is 6.04 Å². The maximum Gasteiger partial charge on any atom is 0.0605 e. The van der Waals surface area contributed by atoms with Gasteiger partial charge in [-0.2, -0.15) is 0 Å². The fraction of sp³-hybridized carbons (Fsp3) is 0.421. The molecule has 0 saturated carbocycles. The number of nitrogens with zero attached hydrogens (tertiary/aromatic N) is 1. The molecule has 1 N–H and O–H groups in total. The van der Waals surface area contributed by atoms with Crippen molar-refractivity contribution in [2.75, 3.05) is 6.54 Å². The molecule has 21 heavy (non-hydrogen) atoms. The van der Waals surface area contributed by atoms with E-state index in [1.54, 1.807) is 0 Å². The minimum Gasteiger partial charge on any atom is -0.308 e. The Hall–Kier alpha value is -1.67. The lowest BCUT2D eigenvalue weighted by Crippen LogP contribution is -2.25. The van der Waals surface area contributed by atoms with Crippen LogP contribution in [0.15, 0.2) is 36.5 Å². The zero-order valence-corrected chi connectivity index (χ0v) is 13.6. The molecule has 0 aliphatic rings. The lowest BCUT2D eigenvalue weighted by Gasteiger charge is -2.20.